The first kappa shape index (κ1) is 26.4. The highest BCUT2D eigenvalue weighted by atomic mass is 127. The van der Waals surface area contributed by atoms with E-state index in [2.05, 4.69) is 26.7 Å². The molecule has 1 atom stereocenters. The lowest BCUT2D eigenvalue weighted by atomic mass is 10.2. The van der Waals surface area contributed by atoms with Crippen LogP contribution in [-0.4, -0.2) is 36.7 Å². The Labute approximate surface area is 211 Å². The van der Waals surface area contributed by atoms with E-state index < -0.39 is 0 Å². The SMILES string of the molecule is CCOC(=O)c1sc(C(C)NC(=NC)NCc2ccccc2OC2CCCC2)nc1C.I. The van der Waals surface area contributed by atoms with Gasteiger partial charge >= 0.3 is 5.97 Å². The summed E-state index contributed by atoms with van der Waals surface area (Å²) in [4.78, 5) is 21.5. The van der Waals surface area contributed by atoms with Crippen molar-refractivity contribution in [1.82, 2.24) is 15.6 Å². The number of nitrogens with one attached hydrogen (secondary N) is 2. The molecule has 1 aliphatic carbocycles. The molecule has 1 unspecified atom stereocenters. The van der Waals surface area contributed by atoms with Crippen LogP contribution in [0.1, 0.15) is 71.5 Å². The van der Waals surface area contributed by atoms with Gasteiger partial charge in [-0.3, -0.25) is 4.99 Å². The van der Waals surface area contributed by atoms with E-state index in [9.17, 15) is 4.79 Å². The second kappa shape index (κ2) is 13.0. The Kier molecular flexibility index (Phi) is 10.7. The molecule has 2 aromatic rings. The number of aryl methyl sites for hydroxylation is 1. The van der Waals surface area contributed by atoms with Gasteiger partial charge in [0.25, 0.3) is 0 Å². The lowest BCUT2D eigenvalue weighted by Gasteiger charge is -2.19. The molecule has 176 valence electrons. The van der Waals surface area contributed by atoms with E-state index in [1.807, 2.05) is 32.0 Å². The number of rotatable bonds is 8. The molecule has 32 heavy (non-hydrogen) atoms. The molecule has 0 saturated heterocycles. The molecule has 1 aliphatic rings. The van der Waals surface area contributed by atoms with Gasteiger partial charge in [-0.2, -0.15) is 0 Å². The van der Waals surface area contributed by atoms with E-state index >= 15 is 0 Å². The number of carbonyl (C=O) groups is 1. The van der Waals surface area contributed by atoms with Gasteiger partial charge in [0.05, 0.1) is 24.4 Å². The first-order chi connectivity index (χ1) is 15.0. The molecule has 0 spiro atoms. The smallest absolute Gasteiger partial charge is 0.350 e. The summed E-state index contributed by atoms with van der Waals surface area (Å²) in [7, 11) is 1.74. The summed E-state index contributed by atoms with van der Waals surface area (Å²) in [5.41, 5.74) is 1.78. The van der Waals surface area contributed by atoms with Gasteiger partial charge in [0.1, 0.15) is 15.6 Å². The summed E-state index contributed by atoms with van der Waals surface area (Å²) in [6.07, 6.45) is 5.06. The van der Waals surface area contributed by atoms with Gasteiger partial charge < -0.3 is 20.1 Å². The molecular formula is C23H33IN4O3S. The number of ether oxygens (including phenoxy) is 2. The molecule has 2 N–H and O–H groups in total. The van der Waals surface area contributed by atoms with Crippen molar-refractivity contribution in [2.45, 2.75) is 65.1 Å². The van der Waals surface area contributed by atoms with E-state index in [-0.39, 0.29) is 36.0 Å². The molecule has 1 aromatic heterocycles. The van der Waals surface area contributed by atoms with Crippen molar-refractivity contribution in [3.63, 3.8) is 0 Å². The van der Waals surface area contributed by atoms with Gasteiger partial charge in [0, 0.05) is 19.2 Å². The highest BCUT2D eigenvalue weighted by molar-refractivity contribution is 14.0. The first-order valence-corrected chi connectivity index (χ1v) is 11.7. The maximum absolute atomic E-state index is 12.1. The Morgan fingerprint density at radius 1 is 1.31 bits per heavy atom. The quantitative estimate of drug-likeness (QED) is 0.201. The lowest BCUT2D eigenvalue weighted by molar-refractivity contribution is 0.0531. The van der Waals surface area contributed by atoms with Crippen LogP contribution in [0.5, 0.6) is 5.75 Å². The molecule has 3 rings (SSSR count). The predicted molar refractivity (Wildman–Crippen MR) is 139 cm³/mol. The van der Waals surface area contributed by atoms with Gasteiger partial charge in [-0.15, -0.1) is 35.3 Å². The van der Waals surface area contributed by atoms with Crippen molar-refractivity contribution >= 4 is 47.2 Å². The minimum Gasteiger partial charge on any atom is -0.490 e. The highest BCUT2D eigenvalue weighted by Crippen LogP contribution is 2.27. The van der Waals surface area contributed by atoms with E-state index in [0.717, 1.165) is 29.2 Å². The number of carbonyl (C=O) groups excluding carboxylic acids is 1. The zero-order valence-electron chi connectivity index (χ0n) is 19.1. The van der Waals surface area contributed by atoms with Gasteiger partial charge in [-0.05, 0) is 52.5 Å². The molecule has 9 heteroatoms. The van der Waals surface area contributed by atoms with Crippen LogP contribution in [-0.2, 0) is 11.3 Å². The van der Waals surface area contributed by atoms with Crippen molar-refractivity contribution < 1.29 is 14.3 Å². The molecule has 0 aliphatic heterocycles. The second-order valence-corrected chi connectivity index (χ2v) is 8.64. The van der Waals surface area contributed by atoms with Crippen LogP contribution in [0.3, 0.4) is 0 Å². The van der Waals surface area contributed by atoms with E-state index in [0.29, 0.717) is 35.8 Å². The average molecular weight is 573 g/mol. The fourth-order valence-electron chi connectivity index (χ4n) is 3.58. The topological polar surface area (TPSA) is 84.8 Å². The van der Waals surface area contributed by atoms with Crippen LogP contribution in [0, 0.1) is 6.92 Å². The van der Waals surface area contributed by atoms with Crippen LogP contribution < -0.4 is 15.4 Å². The normalized spacial score (nSPS) is 15.1. The molecule has 0 amide bonds. The van der Waals surface area contributed by atoms with Crippen LogP contribution in [0.15, 0.2) is 29.3 Å². The second-order valence-electron chi connectivity index (χ2n) is 7.61. The first-order valence-electron chi connectivity index (χ1n) is 10.9. The number of hydrogen-bond acceptors (Lipinski definition) is 6. The number of para-hydroxylation sites is 1. The van der Waals surface area contributed by atoms with Crippen molar-refractivity contribution in [1.29, 1.82) is 0 Å². The fourth-order valence-corrected chi connectivity index (χ4v) is 4.54. The van der Waals surface area contributed by atoms with Crippen LogP contribution in [0.25, 0.3) is 0 Å². The molecule has 7 nitrogen and oxygen atoms in total. The van der Waals surface area contributed by atoms with Gasteiger partial charge in [0.15, 0.2) is 5.96 Å². The Morgan fingerprint density at radius 3 is 2.72 bits per heavy atom. The largest absolute Gasteiger partial charge is 0.490 e. The van der Waals surface area contributed by atoms with Crippen LogP contribution in [0.2, 0.25) is 0 Å². The third kappa shape index (κ3) is 7.06. The minimum atomic E-state index is -0.322. The standard InChI is InChI=1S/C23H32N4O3S.HI/c1-5-29-22(28)20-15(2)26-21(31-20)16(3)27-23(24-4)25-14-17-10-6-9-13-19(17)30-18-11-7-8-12-18;/h6,9-10,13,16,18H,5,7-8,11-12,14H2,1-4H3,(H2,24,25,27);1H. The number of thiazole rings is 1. The number of aliphatic imine (C=N–C) groups is 1. The Morgan fingerprint density at radius 2 is 2.03 bits per heavy atom. The maximum Gasteiger partial charge on any atom is 0.350 e. The van der Waals surface area contributed by atoms with Crippen LogP contribution in [0.4, 0.5) is 0 Å². The van der Waals surface area contributed by atoms with E-state index in [1.165, 1.54) is 24.2 Å². The molecular weight excluding hydrogens is 539 g/mol. The summed E-state index contributed by atoms with van der Waals surface area (Å²) >= 11 is 1.35. The maximum atomic E-state index is 12.1. The predicted octanol–water partition coefficient (Wildman–Crippen LogP) is 4.99. The number of esters is 1. The molecule has 0 bridgehead atoms. The average Bonchev–Trinajstić information content (AvgIpc) is 3.41. The minimum absolute atomic E-state index is 0. The van der Waals surface area contributed by atoms with Gasteiger partial charge in [0.2, 0.25) is 0 Å². The van der Waals surface area contributed by atoms with E-state index in [4.69, 9.17) is 9.47 Å². The van der Waals surface area contributed by atoms with Crippen molar-refractivity contribution in [3.8, 4) is 5.75 Å². The summed E-state index contributed by atoms with van der Waals surface area (Å²) in [6.45, 7) is 6.57. The van der Waals surface area contributed by atoms with Crippen molar-refractivity contribution in [2.24, 2.45) is 4.99 Å². The monoisotopic (exact) mass is 572 g/mol. The van der Waals surface area contributed by atoms with E-state index in [1.54, 1.807) is 14.0 Å². The Bertz CT molecular complexity index is 912. The number of guanidine groups is 1. The number of hydrogen-bond donors (Lipinski definition) is 2. The third-order valence-electron chi connectivity index (χ3n) is 5.24. The molecule has 1 aromatic carbocycles. The summed E-state index contributed by atoms with van der Waals surface area (Å²) < 4.78 is 11.3. The zero-order valence-corrected chi connectivity index (χ0v) is 22.3. The zero-order chi connectivity index (χ0) is 22.2. The lowest BCUT2D eigenvalue weighted by Crippen LogP contribution is -2.38. The summed E-state index contributed by atoms with van der Waals surface area (Å²) in [6, 6.07) is 8.03. The molecule has 1 fully saturated rings. The molecule has 1 saturated carbocycles. The van der Waals surface area contributed by atoms with Crippen LogP contribution >= 0.6 is 35.3 Å². The Hall–Kier alpha value is -1.88. The number of benzene rings is 1. The fraction of sp³-hybridized carbons (Fsp3) is 0.522. The number of nitrogens with zero attached hydrogens (tertiary/aromatic N) is 2. The summed E-state index contributed by atoms with van der Waals surface area (Å²) in [5, 5.41) is 7.52. The summed E-state index contributed by atoms with van der Waals surface area (Å²) in [5.74, 6) is 1.27. The van der Waals surface area contributed by atoms with Gasteiger partial charge in [-0.25, -0.2) is 9.78 Å². The highest BCUT2D eigenvalue weighted by Gasteiger charge is 2.21. The molecule has 0 radical (unpaired) electrons. The molecule has 1 heterocycles. The van der Waals surface area contributed by atoms with Crippen molar-refractivity contribution in [3.05, 3.63) is 45.4 Å². The van der Waals surface area contributed by atoms with Gasteiger partial charge in [-0.1, -0.05) is 18.2 Å². The van der Waals surface area contributed by atoms with Crippen molar-refractivity contribution in [2.75, 3.05) is 13.7 Å². The third-order valence-corrected chi connectivity index (χ3v) is 6.56. The Balaban J connectivity index is 0.00000363. The number of halogens is 1. The number of aromatic nitrogens is 1.